The largest absolute Gasteiger partial charge is 0.325 e. The maximum Gasteiger partial charge on any atom is 0.237 e. The van der Waals surface area contributed by atoms with Crippen LogP contribution >= 0.6 is 11.8 Å². The van der Waals surface area contributed by atoms with Crippen molar-refractivity contribution in [2.45, 2.75) is 24.3 Å². The first-order valence-corrected chi connectivity index (χ1v) is 9.02. The minimum absolute atomic E-state index is 0.220. The fourth-order valence-electron chi connectivity index (χ4n) is 2.38. The molecule has 26 heavy (non-hydrogen) atoms. The smallest absolute Gasteiger partial charge is 0.237 e. The predicted molar refractivity (Wildman–Crippen MR) is 102 cm³/mol. The lowest BCUT2D eigenvalue weighted by atomic mass is 10.2. The van der Waals surface area contributed by atoms with E-state index >= 15 is 0 Å². The van der Waals surface area contributed by atoms with Gasteiger partial charge in [0, 0.05) is 18.3 Å². The molecule has 3 rings (SSSR count). The van der Waals surface area contributed by atoms with E-state index in [2.05, 4.69) is 15.5 Å². The van der Waals surface area contributed by atoms with Crippen molar-refractivity contribution >= 4 is 23.4 Å². The molecule has 0 aliphatic carbocycles. The third kappa shape index (κ3) is 3.94. The lowest BCUT2D eigenvalue weighted by Gasteiger charge is -2.12. The van der Waals surface area contributed by atoms with Gasteiger partial charge in [-0.1, -0.05) is 48.2 Å². The topological polar surface area (TPSA) is 59.8 Å². The van der Waals surface area contributed by atoms with Crippen LogP contribution in [-0.4, -0.2) is 25.9 Å². The highest BCUT2D eigenvalue weighted by molar-refractivity contribution is 8.00. The van der Waals surface area contributed by atoms with Crippen LogP contribution in [0.2, 0.25) is 0 Å². The molecule has 2 aromatic carbocycles. The Morgan fingerprint density at radius 2 is 1.92 bits per heavy atom. The molecule has 1 N–H and O–H groups in total. The van der Waals surface area contributed by atoms with Crippen molar-refractivity contribution in [3.8, 4) is 11.4 Å². The number of hydrogen-bond donors (Lipinski definition) is 1. The van der Waals surface area contributed by atoms with E-state index in [1.165, 1.54) is 17.8 Å². The van der Waals surface area contributed by atoms with Crippen molar-refractivity contribution < 1.29 is 9.18 Å². The first-order chi connectivity index (χ1) is 12.5. The highest BCUT2D eigenvalue weighted by atomic mass is 32.2. The summed E-state index contributed by atoms with van der Waals surface area (Å²) in [7, 11) is 1.87. The first kappa shape index (κ1) is 18.1. The summed E-state index contributed by atoms with van der Waals surface area (Å²) in [4.78, 5) is 12.4. The zero-order valence-corrected chi connectivity index (χ0v) is 15.5. The van der Waals surface area contributed by atoms with Crippen LogP contribution < -0.4 is 5.32 Å². The maximum atomic E-state index is 13.6. The summed E-state index contributed by atoms with van der Waals surface area (Å²) in [5.41, 5.74) is 1.94. The third-order valence-electron chi connectivity index (χ3n) is 3.96. The quantitative estimate of drug-likeness (QED) is 0.689. The van der Waals surface area contributed by atoms with Crippen molar-refractivity contribution in [3.63, 3.8) is 0 Å². The van der Waals surface area contributed by atoms with Gasteiger partial charge in [0.25, 0.3) is 0 Å². The predicted octanol–water partition coefficient (Wildman–Crippen LogP) is 4.05. The number of thioether (sulfide) groups is 1. The lowest BCUT2D eigenvalue weighted by molar-refractivity contribution is -0.115. The second kappa shape index (κ2) is 7.70. The normalized spacial score (nSPS) is 12.0. The van der Waals surface area contributed by atoms with Crippen molar-refractivity contribution in [3.05, 3.63) is 59.9 Å². The fraction of sp³-hybridized carbons (Fsp3) is 0.211. The molecule has 0 saturated carbocycles. The zero-order valence-electron chi connectivity index (χ0n) is 14.7. The van der Waals surface area contributed by atoms with Crippen LogP contribution in [-0.2, 0) is 11.8 Å². The van der Waals surface area contributed by atoms with Gasteiger partial charge in [0.05, 0.1) is 5.25 Å². The van der Waals surface area contributed by atoms with Crippen molar-refractivity contribution in [2.75, 3.05) is 5.32 Å². The molecule has 0 bridgehead atoms. The SMILES string of the molecule is Cc1ccc(NC(=O)C(C)Sc2nnc(-c3ccccc3)n2C)cc1F. The summed E-state index contributed by atoms with van der Waals surface area (Å²) < 4.78 is 15.5. The molecule has 134 valence electrons. The molecular formula is C19H19FN4OS. The monoisotopic (exact) mass is 370 g/mol. The molecule has 0 saturated heterocycles. The van der Waals surface area contributed by atoms with Gasteiger partial charge in [-0.25, -0.2) is 4.39 Å². The molecular weight excluding hydrogens is 351 g/mol. The number of carbonyl (C=O) groups excluding carboxylic acids is 1. The van der Waals surface area contributed by atoms with E-state index in [9.17, 15) is 9.18 Å². The standard InChI is InChI=1S/C19H19FN4OS/c1-12-9-10-15(11-16(12)20)21-18(25)13(2)26-19-23-22-17(24(19)3)14-7-5-4-6-8-14/h4-11,13H,1-3H3,(H,21,25). The van der Waals surface area contributed by atoms with Crippen LogP contribution in [0, 0.1) is 12.7 Å². The molecule has 0 aliphatic rings. The second-order valence-electron chi connectivity index (χ2n) is 5.94. The average molecular weight is 370 g/mol. The van der Waals surface area contributed by atoms with E-state index in [0.29, 0.717) is 16.4 Å². The Hall–Kier alpha value is -2.67. The summed E-state index contributed by atoms with van der Waals surface area (Å²) in [5.74, 6) is 0.174. The van der Waals surface area contributed by atoms with E-state index in [1.54, 1.807) is 26.0 Å². The van der Waals surface area contributed by atoms with Gasteiger partial charge in [0.15, 0.2) is 11.0 Å². The number of nitrogens with zero attached hydrogens (tertiary/aromatic N) is 3. The molecule has 3 aromatic rings. The number of rotatable bonds is 5. The lowest BCUT2D eigenvalue weighted by Crippen LogP contribution is -2.23. The molecule has 1 heterocycles. The van der Waals surface area contributed by atoms with E-state index in [4.69, 9.17) is 0 Å². The Morgan fingerprint density at radius 3 is 2.62 bits per heavy atom. The molecule has 0 spiro atoms. The van der Waals surface area contributed by atoms with Gasteiger partial charge < -0.3 is 9.88 Å². The average Bonchev–Trinajstić information content (AvgIpc) is 2.99. The molecule has 5 nitrogen and oxygen atoms in total. The van der Waals surface area contributed by atoms with Gasteiger partial charge in [-0.05, 0) is 31.5 Å². The van der Waals surface area contributed by atoms with Crippen LogP contribution in [0.4, 0.5) is 10.1 Å². The van der Waals surface area contributed by atoms with Crippen molar-refractivity contribution in [1.82, 2.24) is 14.8 Å². The molecule has 1 amide bonds. The number of amides is 1. The molecule has 1 unspecified atom stereocenters. The van der Waals surface area contributed by atoms with E-state index in [1.807, 2.05) is 41.9 Å². The van der Waals surface area contributed by atoms with Crippen LogP contribution in [0.1, 0.15) is 12.5 Å². The zero-order chi connectivity index (χ0) is 18.7. The minimum Gasteiger partial charge on any atom is -0.325 e. The van der Waals surface area contributed by atoms with Crippen molar-refractivity contribution in [2.24, 2.45) is 7.05 Å². The van der Waals surface area contributed by atoms with Gasteiger partial charge in [0.1, 0.15) is 5.82 Å². The van der Waals surface area contributed by atoms with Gasteiger partial charge in [-0.2, -0.15) is 0 Å². The summed E-state index contributed by atoms with van der Waals surface area (Å²) in [6.07, 6.45) is 0. The number of aryl methyl sites for hydroxylation is 1. The number of halogens is 1. The van der Waals surface area contributed by atoms with E-state index < -0.39 is 5.25 Å². The first-order valence-electron chi connectivity index (χ1n) is 8.14. The van der Waals surface area contributed by atoms with Crippen LogP contribution in [0.15, 0.2) is 53.7 Å². The Labute approximate surface area is 155 Å². The van der Waals surface area contributed by atoms with Gasteiger partial charge in [-0.3, -0.25) is 4.79 Å². The molecule has 1 atom stereocenters. The van der Waals surface area contributed by atoms with Gasteiger partial charge in [-0.15, -0.1) is 10.2 Å². The molecule has 0 aliphatic heterocycles. The molecule has 0 fully saturated rings. The summed E-state index contributed by atoms with van der Waals surface area (Å²) in [5, 5.41) is 11.4. The minimum atomic E-state index is -0.411. The summed E-state index contributed by atoms with van der Waals surface area (Å²) >= 11 is 1.30. The summed E-state index contributed by atoms with van der Waals surface area (Å²) in [6.45, 7) is 3.46. The van der Waals surface area contributed by atoms with Crippen molar-refractivity contribution in [1.29, 1.82) is 0 Å². The number of benzene rings is 2. The molecule has 0 radical (unpaired) electrons. The van der Waals surface area contributed by atoms with Gasteiger partial charge in [0.2, 0.25) is 5.91 Å². The number of anilines is 1. The number of aromatic nitrogens is 3. The Balaban J connectivity index is 1.69. The summed E-state index contributed by atoms with van der Waals surface area (Å²) in [6, 6.07) is 14.4. The molecule has 1 aromatic heterocycles. The third-order valence-corrected chi connectivity index (χ3v) is 5.09. The highest BCUT2D eigenvalue weighted by Gasteiger charge is 2.19. The van der Waals surface area contributed by atoms with Gasteiger partial charge >= 0.3 is 0 Å². The molecule has 7 heteroatoms. The second-order valence-corrected chi connectivity index (χ2v) is 7.25. The number of nitrogens with one attached hydrogen (secondary N) is 1. The van der Waals surface area contributed by atoms with E-state index in [0.717, 1.165) is 11.4 Å². The van der Waals surface area contributed by atoms with E-state index in [-0.39, 0.29) is 11.7 Å². The fourth-order valence-corrected chi connectivity index (χ4v) is 3.20. The van der Waals surface area contributed by atoms with Crippen LogP contribution in [0.5, 0.6) is 0 Å². The Bertz CT molecular complexity index is 927. The Kier molecular flexibility index (Phi) is 5.37. The Morgan fingerprint density at radius 1 is 1.19 bits per heavy atom. The highest BCUT2D eigenvalue weighted by Crippen LogP contribution is 2.26. The number of hydrogen-bond acceptors (Lipinski definition) is 4. The maximum absolute atomic E-state index is 13.6. The van der Waals surface area contributed by atoms with Crippen LogP contribution in [0.3, 0.4) is 0 Å². The van der Waals surface area contributed by atoms with Crippen LogP contribution in [0.25, 0.3) is 11.4 Å². The number of carbonyl (C=O) groups is 1.